The molecule has 0 aromatic heterocycles. The molecule has 0 radical (unpaired) electrons. The van der Waals surface area contributed by atoms with Gasteiger partial charge in [0.15, 0.2) is 0 Å². The first-order chi connectivity index (χ1) is 13.8. The quantitative estimate of drug-likeness (QED) is 0.653. The number of hydrogen-bond acceptors (Lipinski definition) is 8. The summed E-state index contributed by atoms with van der Waals surface area (Å²) in [6, 6.07) is 3.90. The Balaban J connectivity index is 2.13. The van der Waals surface area contributed by atoms with Gasteiger partial charge in [-0.1, -0.05) is 13.0 Å². The summed E-state index contributed by atoms with van der Waals surface area (Å²) in [6.07, 6.45) is 0.328. The summed E-state index contributed by atoms with van der Waals surface area (Å²) in [7, 11) is -4.14. The predicted octanol–water partition coefficient (Wildman–Crippen LogP) is 1.10. The number of hydrazone groups is 1. The Bertz CT molecular complexity index is 937. The minimum absolute atomic E-state index is 0.0440. The van der Waals surface area contributed by atoms with Crippen LogP contribution in [0.3, 0.4) is 0 Å². The summed E-state index contributed by atoms with van der Waals surface area (Å²) in [6.45, 7) is 6.70. The van der Waals surface area contributed by atoms with Crippen molar-refractivity contribution in [3.05, 3.63) is 23.8 Å². The number of anilines is 1. The van der Waals surface area contributed by atoms with Crippen LogP contribution in [-0.2, 0) is 28.9 Å². The van der Waals surface area contributed by atoms with Gasteiger partial charge < -0.3 is 14.4 Å². The third-order valence-corrected chi connectivity index (χ3v) is 6.52. The highest BCUT2D eigenvalue weighted by atomic mass is 32.2. The number of hydrogen-bond donors (Lipinski definition) is 0. The van der Waals surface area contributed by atoms with Gasteiger partial charge in [-0.05, 0) is 38.0 Å². The van der Waals surface area contributed by atoms with Gasteiger partial charge in [-0.2, -0.15) is 5.10 Å². The molecule has 0 bridgehead atoms. The first-order valence-corrected chi connectivity index (χ1v) is 11.1. The summed E-state index contributed by atoms with van der Waals surface area (Å²) in [5, 5.41) is 4.93. The van der Waals surface area contributed by atoms with Gasteiger partial charge in [0.2, 0.25) is 14.9 Å². The summed E-state index contributed by atoms with van der Waals surface area (Å²) in [5.74, 6) is -1.22. The summed E-state index contributed by atoms with van der Waals surface area (Å²) in [4.78, 5) is 26.9. The molecule has 158 valence electrons. The Morgan fingerprint density at radius 3 is 2.55 bits per heavy atom. The standard InChI is InChI=1S/C19H25N3O6S/c1-4-14(19(24)28-5-2)22-15-12-13(3)6-7-16(15)29(25,26)17(20-22)18(23)21-8-10-27-11-9-21/h6-7,12,14H,4-5,8-11H2,1-3H3/t14-/m0/s1. The zero-order valence-corrected chi connectivity index (χ0v) is 17.6. The second-order valence-electron chi connectivity index (χ2n) is 6.81. The summed E-state index contributed by atoms with van der Waals surface area (Å²) in [5.41, 5.74) is 1.07. The topological polar surface area (TPSA) is 106 Å². The maximum atomic E-state index is 13.2. The molecule has 1 fully saturated rings. The highest BCUT2D eigenvalue weighted by molar-refractivity contribution is 8.08. The molecule has 2 heterocycles. The Labute approximate surface area is 170 Å². The Morgan fingerprint density at radius 2 is 1.93 bits per heavy atom. The molecule has 0 saturated carbocycles. The first kappa shape index (κ1) is 21.3. The highest BCUT2D eigenvalue weighted by Gasteiger charge is 2.42. The van der Waals surface area contributed by atoms with Crippen LogP contribution >= 0.6 is 0 Å². The minimum Gasteiger partial charge on any atom is -0.464 e. The lowest BCUT2D eigenvalue weighted by atomic mass is 10.1. The van der Waals surface area contributed by atoms with Gasteiger partial charge in [-0.25, -0.2) is 18.2 Å². The van der Waals surface area contributed by atoms with Crippen molar-refractivity contribution in [2.45, 2.75) is 38.1 Å². The van der Waals surface area contributed by atoms with E-state index in [-0.39, 0.29) is 30.3 Å². The molecule has 0 aliphatic carbocycles. The Kier molecular flexibility index (Phi) is 6.23. The largest absolute Gasteiger partial charge is 0.464 e. The number of nitrogens with zero attached hydrogens (tertiary/aromatic N) is 3. The van der Waals surface area contributed by atoms with Crippen LogP contribution < -0.4 is 5.01 Å². The highest BCUT2D eigenvalue weighted by Crippen LogP contribution is 2.35. The maximum absolute atomic E-state index is 13.2. The SMILES string of the molecule is CCOC(=O)[C@H](CC)N1N=C(C(=O)N2CCOCC2)S(=O)(=O)c2ccc(C)cc21. The fraction of sp³-hybridized carbons (Fsp3) is 0.526. The number of ether oxygens (including phenoxy) is 2. The van der Waals surface area contributed by atoms with E-state index in [0.29, 0.717) is 19.6 Å². The zero-order valence-electron chi connectivity index (χ0n) is 16.8. The van der Waals surface area contributed by atoms with Crippen molar-refractivity contribution in [1.82, 2.24) is 4.90 Å². The zero-order chi connectivity index (χ0) is 21.2. The number of aryl methyl sites for hydroxylation is 1. The molecule has 10 heteroatoms. The van der Waals surface area contributed by atoms with Crippen LogP contribution in [0.2, 0.25) is 0 Å². The molecule has 1 aromatic rings. The van der Waals surface area contributed by atoms with Crippen LogP contribution in [0.15, 0.2) is 28.2 Å². The lowest BCUT2D eigenvalue weighted by Crippen LogP contribution is -2.49. The van der Waals surface area contributed by atoms with E-state index in [9.17, 15) is 18.0 Å². The average Bonchev–Trinajstić information content (AvgIpc) is 2.70. The third kappa shape index (κ3) is 3.99. The van der Waals surface area contributed by atoms with Crippen LogP contribution in [0.4, 0.5) is 5.69 Å². The number of fused-ring (bicyclic) bond motifs is 1. The van der Waals surface area contributed by atoms with E-state index < -0.39 is 32.8 Å². The molecule has 2 aliphatic heterocycles. The number of esters is 1. The van der Waals surface area contributed by atoms with Crippen molar-refractivity contribution in [1.29, 1.82) is 0 Å². The van der Waals surface area contributed by atoms with Crippen molar-refractivity contribution in [2.24, 2.45) is 5.10 Å². The molecule has 3 rings (SSSR count). The smallest absolute Gasteiger partial charge is 0.330 e. The van der Waals surface area contributed by atoms with Crippen molar-refractivity contribution in [2.75, 3.05) is 37.9 Å². The van der Waals surface area contributed by atoms with Crippen LogP contribution in [0.25, 0.3) is 0 Å². The molecular weight excluding hydrogens is 398 g/mol. The second kappa shape index (κ2) is 8.50. The van der Waals surface area contributed by atoms with Gasteiger partial charge in [0.05, 0.1) is 30.4 Å². The second-order valence-corrected chi connectivity index (χ2v) is 8.64. The number of carbonyl (C=O) groups excluding carboxylic acids is 2. The van der Waals surface area contributed by atoms with Gasteiger partial charge in [-0.3, -0.25) is 4.79 Å². The lowest BCUT2D eigenvalue weighted by molar-refractivity contribution is -0.144. The molecule has 1 amide bonds. The number of morpholine rings is 1. The van der Waals surface area contributed by atoms with Crippen LogP contribution in [0.5, 0.6) is 0 Å². The van der Waals surface area contributed by atoms with E-state index in [2.05, 4.69) is 5.10 Å². The number of amides is 1. The van der Waals surface area contributed by atoms with Gasteiger partial charge in [-0.15, -0.1) is 0 Å². The van der Waals surface area contributed by atoms with Crippen LogP contribution in [-0.4, -0.2) is 69.2 Å². The fourth-order valence-electron chi connectivity index (χ4n) is 3.32. The van der Waals surface area contributed by atoms with E-state index in [4.69, 9.17) is 9.47 Å². The molecule has 29 heavy (non-hydrogen) atoms. The van der Waals surface area contributed by atoms with Crippen molar-refractivity contribution >= 4 is 32.4 Å². The van der Waals surface area contributed by atoms with E-state index in [1.165, 1.54) is 16.0 Å². The lowest BCUT2D eigenvalue weighted by Gasteiger charge is -2.34. The molecule has 9 nitrogen and oxygen atoms in total. The Hall–Kier alpha value is -2.46. The summed E-state index contributed by atoms with van der Waals surface area (Å²) >= 11 is 0. The molecular formula is C19H25N3O6S. The van der Waals surface area contributed by atoms with Crippen molar-refractivity contribution in [3.8, 4) is 0 Å². The third-order valence-electron chi connectivity index (χ3n) is 4.83. The van der Waals surface area contributed by atoms with Crippen molar-refractivity contribution < 1.29 is 27.5 Å². The normalized spacial score (nSPS) is 19.2. The molecule has 1 atom stereocenters. The van der Waals surface area contributed by atoms with Gasteiger partial charge >= 0.3 is 5.97 Å². The van der Waals surface area contributed by atoms with Gasteiger partial charge in [0.1, 0.15) is 6.04 Å². The minimum atomic E-state index is -4.14. The molecule has 0 N–H and O–H groups in total. The van der Waals surface area contributed by atoms with Crippen molar-refractivity contribution in [3.63, 3.8) is 0 Å². The monoisotopic (exact) mass is 423 g/mol. The number of rotatable bonds is 5. The molecule has 0 unspecified atom stereocenters. The molecule has 1 aromatic carbocycles. The average molecular weight is 423 g/mol. The van der Waals surface area contributed by atoms with E-state index in [0.717, 1.165) is 5.56 Å². The van der Waals surface area contributed by atoms with Crippen LogP contribution in [0.1, 0.15) is 25.8 Å². The number of carbonyl (C=O) groups is 2. The number of benzene rings is 1. The van der Waals surface area contributed by atoms with E-state index >= 15 is 0 Å². The van der Waals surface area contributed by atoms with E-state index in [1.807, 2.05) is 6.92 Å². The van der Waals surface area contributed by atoms with Gasteiger partial charge in [0.25, 0.3) is 5.91 Å². The van der Waals surface area contributed by atoms with E-state index in [1.54, 1.807) is 26.0 Å². The first-order valence-electron chi connectivity index (χ1n) is 9.58. The fourth-order valence-corrected chi connectivity index (χ4v) is 4.76. The molecule has 1 saturated heterocycles. The van der Waals surface area contributed by atoms with Gasteiger partial charge in [0, 0.05) is 13.1 Å². The Morgan fingerprint density at radius 1 is 1.24 bits per heavy atom. The summed E-state index contributed by atoms with van der Waals surface area (Å²) < 4.78 is 36.8. The predicted molar refractivity (Wildman–Crippen MR) is 106 cm³/mol. The molecule has 2 aliphatic rings. The maximum Gasteiger partial charge on any atom is 0.330 e. The number of sulfone groups is 1. The van der Waals surface area contributed by atoms with Crippen LogP contribution in [0, 0.1) is 6.92 Å². The molecule has 0 spiro atoms.